The van der Waals surface area contributed by atoms with Crippen LogP contribution in [-0.4, -0.2) is 37.1 Å². The SMILES string of the molecule is Cn1ccnc1[C@H]1CCCCN1C(=O)CCc1nnc(CCCc2ccccc2)o1. The van der Waals surface area contributed by atoms with E-state index in [9.17, 15) is 4.79 Å². The highest BCUT2D eigenvalue weighted by Crippen LogP contribution is 2.30. The third-order valence-corrected chi connectivity index (χ3v) is 5.74. The van der Waals surface area contributed by atoms with Gasteiger partial charge in [-0.1, -0.05) is 30.3 Å². The Morgan fingerprint density at radius 2 is 1.90 bits per heavy atom. The summed E-state index contributed by atoms with van der Waals surface area (Å²) in [6.07, 6.45) is 10.4. The smallest absolute Gasteiger partial charge is 0.223 e. The van der Waals surface area contributed by atoms with Gasteiger partial charge in [0.05, 0.1) is 6.04 Å². The number of nitrogens with zero attached hydrogens (tertiary/aromatic N) is 5. The second-order valence-corrected chi connectivity index (χ2v) is 7.92. The summed E-state index contributed by atoms with van der Waals surface area (Å²) in [5.74, 6) is 2.29. The molecule has 3 heterocycles. The minimum absolute atomic E-state index is 0.0579. The number of hydrogen-bond donors (Lipinski definition) is 0. The Morgan fingerprint density at radius 3 is 2.67 bits per heavy atom. The molecule has 7 heteroatoms. The van der Waals surface area contributed by atoms with Gasteiger partial charge < -0.3 is 13.9 Å². The van der Waals surface area contributed by atoms with Crippen molar-refractivity contribution in [2.45, 2.75) is 57.4 Å². The Balaban J connectivity index is 1.28. The van der Waals surface area contributed by atoms with Crippen LogP contribution in [0.1, 0.15) is 61.3 Å². The fraction of sp³-hybridized carbons (Fsp3) is 0.478. The number of amides is 1. The van der Waals surface area contributed by atoms with E-state index < -0.39 is 0 Å². The summed E-state index contributed by atoms with van der Waals surface area (Å²) in [6.45, 7) is 0.783. The van der Waals surface area contributed by atoms with Gasteiger partial charge in [0.2, 0.25) is 17.7 Å². The summed E-state index contributed by atoms with van der Waals surface area (Å²) >= 11 is 0. The summed E-state index contributed by atoms with van der Waals surface area (Å²) in [6, 6.07) is 10.4. The number of piperidine rings is 1. The molecule has 3 aromatic rings. The molecule has 0 aliphatic carbocycles. The molecule has 1 saturated heterocycles. The molecule has 0 bridgehead atoms. The van der Waals surface area contributed by atoms with E-state index in [1.165, 1.54) is 5.56 Å². The number of hydrogen-bond acceptors (Lipinski definition) is 5. The average molecular weight is 408 g/mol. The highest BCUT2D eigenvalue weighted by atomic mass is 16.4. The first kappa shape index (κ1) is 20.3. The van der Waals surface area contributed by atoms with E-state index in [2.05, 4.69) is 39.4 Å². The molecule has 0 unspecified atom stereocenters. The van der Waals surface area contributed by atoms with Gasteiger partial charge in [0, 0.05) is 45.2 Å². The molecule has 0 spiro atoms. The van der Waals surface area contributed by atoms with E-state index in [-0.39, 0.29) is 11.9 Å². The van der Waals surface area contributed by atoms with E-state index in [0.29, 0.717) is 24.6 Å². The number of benzene rings is 1. The predicted molar refractivity (Wildman–Crippen MR) is 113 cm³/mol. The van der Waals surface area contributed by atoms with Crippen molar-refractivity contribution < 1.29 is 9.21 Å². The first-order chi connectivity index (χ1) is 14.7. The highest BCUT2D eigenvalue weighted by molar-refractivity contribution is 5.76. The van der Waals surface area contributed by atoms with Crippen molar-refractivity contribution >= 4 is 5.91 Å². The number of likely N-dealkylation sites (tertiary alicyclic amines) is 1. The zero-order valence-electron chi connectivity index (χ0n) is 17.5. The molecule has 7 nitrogen and oxygen atoms in total. The van der Waals surface area contributed by atoms with Crippen molar-refractivity contribution in [3.05, 3.63) is 65.9 Å². The topological polar surface area (TPSA) is 77.1 Å². The lowest BCUT2D eigenvalue weighted by Gasteiger charge is -2.35. The molecule has 30 heavy (non-hydrogen) atoms. The van der Waals surface area contributed by atoms with Gasteiger partial charge in [0.15, 0.2) is 0 Å². The third-order valence-electron chi connectivity index (χ3n) is 5.74. The van der Waals surface area contributed by atoms with Gasteiger partial charge in [-0.15, -0.1) is 10.2 Å². The molecule has 1 aromatic carbocycles. The molecule has 1 fully saturated rings. The van der Waals surface area contributed by atoms with Crippen LogP contribution in [0, 0.1) is 0 Å². The third kappa shape index (κ3) is 4.96. The first-order valence-corrected chi connectivity index (χ1v) is 10.8. The molecule has 158 valence electrons. The Morgan fingerprint density at radius 1 is 1.10 bits per heavy atom. The molecule has 1 aliphatic rings. The predicted octanol–water partition coefficient (Wildman–Crippen LogP) is 3.66. The first-order valence-electron chi connectivity index (χ1n) is 10.8. The highest BCUT2D eigenvalue weighted by Gasteiger charge is 2.30. The standard InChI is InChI=1S/C23H29N5O2/c1-27-17-15-24-23(27)19-11-5-6-16-28(19)22(29)14-13-21-26-25-20(30-21)12-7-10-18-8-3-2-4-9-18/h2-4,8-9,15,17,19H,5-7,10-14,16H2,1H3/t19-/m1/s1. The summed E-state index contributed by atoms with van der Waals surface area (Å²) in [5.41, 5.74) is 1.31. The Kier molecular flexibility index (Phi) is 6.57. The Bertz CT molecular complexity index is 949. The maximum atomic E-state index is 12.9. The number of imidazole rings is 1. The second kappa shape index (κ2) is 9.69. The fourth-order valence-corrected chi connectivity index (χ4v) is 4.13. The van der Waals surface area contributed by atoms with Gasteiger partial charge in [0.25, 0.3) is 0 Å². The number of aromatic nitrogens is 4. The van der Waals surface area contributed by atoms with Crippen molar-refractivity contribution in [3.63, 3.8) is 0 Å². The van der Waals surface area contributed by atoms with E-state index >= 15 is 0 Å². The lowest BCUT2D eigenvalue weighted by atomic mass is 10.0. The van der Waals surface area contributed by atoms with E-state index in [1.807, 2.05) is 28.8 Å². The van der Waals surface area contributed by atoms with Gasteiger partial charge >= 0.3 is 0 Å². The van der Waals surface area contributed by atoms with Crippen LogP contribution in [0.5, 0.6) is 0 Å². The molecule has 0 radical (unpaired) electrons. The van der Waals surface area contributed by atoms with E-state index in [1.54, 1.807) is 6.20 Å². The normalized spacial score (nSPS) is 16.7. The minimum atomic E-state index is 0.0579. The van der Waals surface area contributed by atoms with Gasteiger partial charge in [-0.25, -0.2) is 4.98 Å². The minimum Gasteiger partial charge on any atom is -0.425 e. The quantitative estimate of drug-likeness (QED) is 0.569. The average Bonchev–Trinajstić information content (AvgIpc) is 3.41. The van der Waals surface area contributed by atoms with Gasteiger partial charge in [-0.05, 0) is 37.7 Å². The van der Waals surface area contributed by atoms with Crippen LogP contribution in [0.2, 0.25) is 0 Å². The Labute approximate surface area is 177 Å². The number of rotatable bonds is 8. The Hall–Kier alpha value is -2.96. The van der Waals surface area contributed by atoms with Crippen molar-refractivity contribution in [2.75, 3.05) is 6.54 Å². The number of carbonyl (C=O) groups is 1. The van der Waals surface area contributed by atoms with Gasteiger partial charge in [-0.2, -0.15) is 0 Å². The molecule has 4 rings (SSSR count). The molecular formula is C23H29N5O2. The summed E-state index contributed by atoms with van der Waals surface area (Å²) in [7, 11) is 1.98. The zero-order valence-corrected chi connectivity index (χ0v) is 17.5. The molecule has 0 N–H and O–H groups in total. The second-order valence-electron chi connectivity index (χ2n) is 7.92. The molecule has 2 aromatic heterocycles. The van der Waals surface area contributed by atoms with Crippen LogP contribution in [0.15, 0.2) is 47.1 Å². The van der Waals surface area contributed by atoms with Crippen LogP contribution in [0.3, 0.4) is 0 Å². The van der Waals surface area contributed by atoms with Crippen molar-refractivity contribution in [1.29, 1.82) is 0 Å². The van der Waals surface area contributed by atoms with E-state index in [0.717, 1.165) is 50.9 Å². The number of carbonyl (C=O) groups excluding carboxylic acids is 1. The maximum Gasteiger partial charge on any atom is 0.223 e. The molecular weight excluding hydrogens is 378 g/mol. The van der Waals surface area contributed by atoms with Crippen molar-refractivity contribution in [2.24, 2.45) is 7.05 Å². The summed E-state index contributed by atoms with van der Waals surface area (Å²) in [4.78, 5) is 19.4. The lowest BCUT2D eigenvalue weighted by Crippen LogP contribution is -2.39. The van der Waals surface area contributed by atoms with Crippen LogP contribution in [-0.2, 0) is 31.1 Å². The molecule has 1 atom stereocenters. The number of aryl methyl sites for hydroxylation is 4. The van der Waals surface area contributed by atoms with Gasteiger partial charge in [-0.3, -0.25) is 4.79 Å². The van der Waals surface area contributed by atoms with Crippen LogP contribution < -0.4 is 0 Å². The monoisotopic (exact) mass is 407 g/mol. The lowest BCUT2D eigenvalue weighted by molar-refractivity contribution is -0.135. The largest absolute Gasteiger partial charge is 0.425 e. The molecule has 1 aliphatic heterocycles. The zero-order chi connectivity index (χ0) is 20.8. The summed E-state index contributed by atoms with van der Waals surface area (Å²) < 4.78 is 7.78. The summed E-state index contributed by atoms with van der Waals surface area (Å²) in [5, 5.41) is 8.29. The van der Waals surface area contributed by atoms with Crippen LogP contribution in [0.4, 0.5) is 0 Å². The van der Waals surface area contributed by atoms with Crippen LogP contribution in [0.25, 0.3) is 0 Å². The molecule has 0 saturated carbocycles. The van der Waals surface area contributed by atoms with Crippen molar-refractivity contribution in [1.82, 2.24) is 24.6 Å². The van der Waals surface area contributed by atoms with E-state index in [4.69, 9.17) is 4.42 Å². The molecule has 1 amide bonds. The fourth-order valence-electron chi connectivity index (χ4n) is 4.13. The van der Waals surface area contributed by atoms with Crippen molar-refractivity contribution in [3.8, 4) is 0 Å². The maximum absolute atomic E-state index is 12.9. The van der Waals surface area contributed by atoms with Gasteiger partial charge in [0.1, 0.15) is 5.82 Å². The van der Waals surface area contributed by atoms with Crippen LogP contribution >= 0.6 is 0 Å².